The quantitative estimate of drug-likeness (QED) is 0.748. The van der Waals surface area contributed by atoms with E-state index < -0.39 is 0 Å². The number of pyridine rings is 1. The molecule has 0 bridgehead atoms. The first-order valence-electron chi connectivity index (χ1n) is 6.86. The van der Waals surface area contributed by atoms with E-state index in [0.29, 0.717) is 18.1 Å². The van der Waals surface area contributed by atoms with Gasteiger partial charge < -0.3 is 15.5 Å². The van der Waals surface area contributed by atoms with Crippen LogP contribution in [-0.4, -0.2) is 49.0 Å². The molecule has 0 saturated heterocycles. The first kappa shape index (κ1) is 15.4. The highest BCUT2D eigenvalue weighted by atomic mass is 16.1. The van der Waals surface area contributed by atoms with E-state index in [2.05, 4.69) is 34.4 Å². The summed E-state index contributed by atoms with van der Waals surface area (Å²) in [6.45, 7) is 7.90. The predicted octanol–water partition coefficient (Wildman–Crippen LogP) is 1.58. The number of carbonyl (C=O) groups excluding carboxylic acids is 1. The maximum atomic E-state index is 11.9. The summed E-state index contributed by atoms with van der Waals surface area (Å²) in [5.41, 5.74) is 0.449. The molecule has 0 saturated carbocycles. The van der Waals surface area contributed by atoms with Crippen molar-refractivity contribution in [3.8, 4) is 0 Å². The molecule has 1 rings (SSSR count). The van der Waals surface area contributed by atoms with Gasteiger partial charge in [0.15, 0.2) is 0 Å². The van der Waals surface area contributed by atoms with Crippen LogP contribution in [0.4, 0.5) is 5.82 Å². The van der Waals surface area contributed by atoms with Crippen molar-refractivity contribution in [1.29, 1.82) is 0 Å². The van der Waals surface area contributed by atoms with Crippen LogP contribution in [0.2, 0.25) is 0 Å². The number of likely N-dealkylation sites (N-methyl/N-ethyl adjacent to an activating group) is 1. The number of amides is 1. The zero-order valence-corrected chi connectivity index (χ0v) is 12.1. The van der Waals surface area contributed by atoms with Crippen LogP contribution in [0, 0.1) is 0 Å². The molecule has 1 heterocycles. The van der Waals surface area contributed by atoms with E-state index in [0.717, 1.165) is 26.1 Å². The lowest BCUT2D eigenvalue weighted by Gasteiger charge is -2.19. The van der Waals surface area contributed by atoms with E-state index in [9.17, 15) is 4.79 Å². The fourth-order valence-corrected chi connectivity index (χ4v) is 1.86. The summed E-state index contributed by atoms with van der Waals surface area (Å²) in [7, 11) is 1.79. The van der Waals surface area contributed by atoms with E-state index in [1.54, 1.807) is 13.1 Å². The second-order valence-electron chi connectivity index (χ2n) is 4.35. The fraction of sp³-hybridized carbons (Fsp3) is 0.571. The zero-order chi connectivity index (χ0) is 14.1. The normalized spacial score (nSPS) is 10.5. The van der Waals surface area contributed by atoms with E-state index in [-0.39, 0.29) is 5.91 Å². The van der Waals surface area contributed by atoms with Crippen LogP contribution in [0.15, 0.2) is 18.2 Å². The lowest BCUT2D eigenvalue weighted by atomic mass is 10.3. The molecule has 0 unspecified atom stereocenters. The second kappa shape index (κ2) is 8.48. The van der Waals surface area contributed by atoms with Crippen molar-refractivity contribution in [3.63, 3.8) is 0 Å². The second-order valence-corrected chi connectivity index (χ2v) is 4.35. The summed E-state index contributed by atoms with van der Waals surface area (Å²) >= 11 is 0. The Kier molecular flexibility index (Phi) is 6.89. The van der Waals surface area contributed by atoms with Gasteiger partial charge in [-0.15, -0.1) is 0 Å². The molecule has 0 spiro atoms. The van der Waals surface area contributed by atoms with Crippen LogP contribution < -0.4 is 10.6 Å². The number of hydrogen-bond donors (Lipinski definition) is 2. The van der Waals surface area contributed by atoms with Gasteiger partial charge in [-0.3, -0.25) is 4.79 Å². The lowest BCUT2D eigenvalue weighted by molar-refractivity contribution is 0.0944. The van der Waals surface area contributed by atoms with E-state index in [1.807, 2.05) is 12.1 Å². The fourth-order valence-electron chi connectivity index (χ4n) is 1.86. The molecule has 1 aromatic heterocycles. The highest BCUT2D eigenvalue weighted by Gasteiger charge is 2.08. The van der Waals surface area contributed by atoms with Crippen molar-refractivity contribution < 1.29 is 4.79 Å². The standard InChI is InChI=1S/C14H24N4O/c1-4-10-18(5-2)11-9-16-14(19)12-7-6-8-13(15-3)17-12/h6-8H,4-5,9-11H2,1-3H3,(H,15,17)(H,16,19). The molecule has 0 aromatic carbocycles. The summed E-state index contributed by atoms with van der Waals surface area (Å²) in [6.07, 6.45) is 1.13. The number of aromatic nitrogens is 1. The highest BCUT2D eigenvalue weighted by Crippen LogP contribution is 2.03. The molecule has 106 valence electrons. The smallest absolute Gasteiger partial charge is 0.270 e. The molecule has 0 radical (unpaired) electrons. The van der Waals surface area contributed by atoms with Crippen LogP contribution >= 0.6 is 0 Å². The van der Waals surface area contributed by atoms with Crippen molar-refractivity contribution in [1.82, 2.24) is 15.2 Å². The minimum Gasteiger partial charge on any atom is -0.373 e. The molecule has 0 aliphatic heterocycles. The minimum absolute atomic E-state index is 0.121. The Labute approximate surface area is 115 Å². The Morgan fingerprint density at radius 3 is 2.74 bits per heavy atom. The first-order chi connectivity index (χ1) is 9.21. The van der Waals surface area contributed by atoms with Crippen LogP contribution in [0.25, 0.3) is 0 Å². The average Bonchev–Trinajstić information content (AvgIpc) is 2.46. The summed E-state index contributed by atoms with van der Waals surface area (Å²) in [4.78, 5) is 18.4. The number of carbonyl (C=O) groups is 1. The Hall–Kier alpha value is -1.62. The van der Waals surface area contributed by atoms with E-state index in [4.69, 9.17) is 0 Å². The molecule has 1 aromatic rings. The largest absolute Gasteiger partial charge is 0.373 e. The van der Waals surface area contributed by atoms with Gasteiger partial charge in [0.25, 0.3) is 5.91 Å². The summed E-state index contributed by atoms with van der Waals surface area (Å²) in [5.74, 6) is 0.582. The number of rotatable bonds is 8. The molecule has 2 N–H and O–H groups in total. The van der Waals surface area contributed by atoms with Crippen LogP contribution in [0.1, 0.15) is 30.8 Å². The maximum Gasteiger partial charge on any atom is 0.270 e. The van der Waals surface area contributed by atoms with Crippen LogP contribution in [0.3, 0.4) is 0 Å². The van der Waals surface area contributed by atoms with Crippen molar-refractivity contribution in [2.75, 3.05) is 38.5 Å². The maximum absolute atomic E-state index is 11.9. The van der Waals surface area contributed by atoms with E-state index in [1.165, 1.54) is 0 Å². The van der Waals surface area contributed by atoms with Gasteiger partial charge >= 0.3 is 0 Å². The molecule has 0 aliphatic rings. The highest BCUT2D eigenvalue weighted by molar-refractivity contribution is 5.92. The molecule has 0 aliphatic carbocycles. The van der Waals surface area contributed by atoms with Crippen LogP contribution in [-0.2, 0) is 0 Å². The first-order valence-corrected chi connectivity index (χ1v) is 6.86. The molecule has 0 atom stereocenters. The van der Waals surface area contributed by atoms with Crippen molar-refractivity contribution in [2.45, 2.75) is 20.3 Å². The minimum atomic E-state index is -0.121. The van der Waals surface area contributed by atoms with Crippen molar-refractivity contribution in [2.24, 2.45) is 0 Å². The molecule has 1 amide bonds. The molecule has 19 heavy (non-hydrogen) atoms. The Morgan fingerprint density at radius 1 is 1.32 bits per heavy atom. The molecule has 5 heteroatoms. The summed E-state index contributed by atoms with van der Waals surface area (Å²) < 4.78 is 0. The predicted molar refractivity (Wildman–Crippen MR) is 78.5 cm³/mol. The Morgan fingerprint density at radius 2 is 2.11 bits per heavy atom. The van der Waals surface area contributed by atoms with Gasteiger partial charge in [0.1, 0.15) is 11.5 Å². The number of nitrogens with zero attached hydrogens (tertiary/aromatic N) is 2. The van der Waals surface area contributed by atoms with Gasteiger partial charge in [-0.05, 0) is 31.6 Å². The Bertz CT molecular complexity index is 395. The van der Waals surface area contributed by atoms with Gasteiger partial charge in [0, 0.05) is 20.1 Å². The molecule has 0 fully saturated rings. The molecular weight excluding hydrogens is 240 g/mol. The van der Waals surface area contributed by atoms with Crippen molar-refractivity contribution in [3.05, 3.63) is 23.9 Å². The average molecular weight is 264 g/mol. The van der Waals surface area contributed by atoms with Gasteiger partial charge in [0.05, 0.1) is 0 Å². The molecular formula is C14H24N4O. The van der Waals surface area contributed by atoms with Gasteiger partial charge in [-0.25, -0.2) is 4.98 Å². The van der Waals surface area contributed by atoms with Crippen molar-refractivity contribution >= 4 is 11.7 Å². The lowest BCUT2D eigenvalue weighted by Crippen LogP contribution is -2.35. The SMILES string of the molecule is CCCN(CC)CCNC(=O)c1cccc(NC)n1. The topological polar surface area (TPSA) is 57.3 Å². The van der Waals surface area contributed by atoms with Gasteiger partial charge in [-0.2, -0.15) is 0 Å². The van der Waals surface area contributed by atoms with Crippen LogP contribution in [0.5, 0.6) is 0 Å². The number of nitrogens with one attached hydrogen (secondary N) is 2. The summed E-state index contributed by atoms with van der Waals surface area (Å²) in [5, 5.41) is 5.83. The number of anilines is 1. The van der Waals surface area contributed by atoms with Gasteiger partial charge in [-0.1, -0.05) is 19.9 Å². The third-order valence-electron chi connectivity index (χ3n) is 2.94. The summed E-state index contributed by atoms with van der Waals surface area (Å²) in [6, 6.07) is 5.37. The van der Waals surface area contributed by atoms with E-state index >= 15 is 0 Å². The zero-order valence-electron chi connectivity index (χ0n) is 12.1. The Balaban J connectivity index is 2.42. The molecule has 5 nitrogen and oxygen atoms in total. The van der Waals surface area contributed by atoms with Gasteiger partial charge in [0.2, 0.25) is 0 Å². The number of hydrogen-bond acceptors (Lipinski definition) is 4. The monoisotopic (exact) mass is 264 g/mol. The third kappa shape index (κ3) is 5.26. The third-order valence-corrected chi connectivity index (χ3v) is 2.94.